The molecule has 0 bridgehead atoms. The molecule has 2 atom stereocenters. The molecule has 74 valence electrons. The van der Waals surface area contributed by atoms with Crippen LogP contribution in [0.2, 0.25) is 0 Å². The molecular formula is C10H23NS. The van der Waals surface area contributed by atoms with Gasteiger partial charge in [0.05, 0.1) is 0 Å². The molecule has 0 aliphatic carbocycles. The van der Waals surface area contributed by atoms with Crippen molar-refractivity contribution >= 4 is 11.8 Å². The Labute approximate surface area is 81.7 Å². The van der Waals surface area contributed by atoms with Gasteiger partial charge in [-0.1, -0.05) is 26.7 Å². The van der Waals surface area contributed by atoms with Crippen LogP contribution in [-0.2, 0) is 0 Å². The zero-order chi connectivity index (χ0) is 9.40. The molecule has 0 spiro atoms. The second kappa shape index (κ2) is 7.93. The highest BCUT2D eigenvalue weighted by atomic mass is 32.2. The summed E-state index contributed by atoms with van der Waals surface area (Å²) in [6.07, 6.45) is 6.18. The van der Waals surface area contributed by atoms with E-state index in [-0.39, 0.29) is 0 Å². The van der Waals surface area contributed by atoms with Crippen molar-refractivity contribution in [1.29, 1.82) is 0 Å². The first-order chi connectivity index (χ1) is 5.74. The first-order valence-electron chi connectivity index (χ1n) is 4.90. The molecule has 0 aliphatic heterocycles. The second-order valence-corrected chi connectivity index (χ2v) is 4.48. The minimum absolute atomic E-state index is 0.710. The predicted molar refractivity (Wildman–Crippen MR) is 59.9 cm³/mol. The molecule has 12 heavy (non-hydrogen) atoms. The summed E-state index contributed by atoms with van der Waals surface area (Å²) in [7, 11) is 2.07. The highest BCUT2D eigenvalue weighted by molar-refractivity contribution is 7.98. The van der Waals surface area contributed by atoms with Crippen LogP contribution in [0.4, 0.5) is 0 Å². The molecule has 0 saturated heterocycles. The van der Waals surface area contributed by atoms with Gasteiger partial charge in [0.15, 0.2) is 0 Å². The molecular weight excluding hydrogens is 166 g/mol. The lowest BCUT2D eigenvalue weighted by Crippen LogP contribution is -2.29. The lowest BCUT2D eigenvalue weighted by molar-refractivity contribution is 0.420. The topological polar surface area (TPSA) is 12.0 Å². The third-order valence-corrected chi connectivity index (χ3v) is 2.98. The summed E-state index contributed by atoms with van der Waals surface area (Å²) in [5, 5.41) is 3.37. The van der Waals surface area contributed by atoms with Gasteiger partial charge in [-0.15, -0.1) is 0 Å². The highest BCUT2D eigenvalue weighted by Gasteiger charge is 2.09. The van der Waals surface area contributed by atoms with Crippen LogP contribution >= 0.6 is 11.8 Å². The SMILES string of the molecule is CCCC(C)CC(CSC)NC. The van der Waals surface area contributed by atoms with E-state index < -0.39 is 0 Å². The summed E-state index contributed by atoms with van der Waals surface area (Å²) in [6, 6.07) is 0.710. The molecule has 2 unspecified atom stereocenters. The zero-order valence-corrected chi connectivity index (χ0v) is 9.71. The number of thioether (sulfide) groups is 1. The summed E-state index contributed by atoms with van der Waals surface area (Å²) < 4.78 is 0. The van der Waals surface area contributed by atoms with Crippen LogP contribution in [0.3, 0.4) is 0 Å². The van der Waals surface area contributed by atoms with Crippen molar-refractivity contribution in [3.05, 3.63) is 0 Å². The van der Waals surface area contributed by atoms with Crippen LogP contribution in [0, 0.1) is 5.92 Å². The maximum absolute atomic E-state index is 3.37. The van der Waals surface area contributed by atoms with E-state index >= 15 is 0 Å². The maximum Gasteiger partial charge on any atom is 0.0157 e. The molecule has 0 heterocycles. The fraction of sp³-hybridized carbons (Fsp3) is 1.00. The molecule has 0 saturated carbocycles. The van der Waals surface area contributed by atoms with Crippen LogP contribution in [0.25, 0.3) is 0 Å². The van der Waals surface area contributed by atoms with E-state index in [0.717, 1.165) is 5.92 Å². The van der Waals surface area contributed by atoms with Crippen LogP contribution in [0.15, 0.2) is 0 Å². The van der Waals surface area contributed by atoms with Crippen molar-refractivity contribution in [1.82, 2.24) is 5.32 Å². The predicted octanol–water partition coefficient (Wildman–Crippen LogP) is 2.76. The normalized spacial score (nSPS) is 16.0. The van der Waals surface area contributed by atoms with Crippen LogP contribution < -0.4 is 5.32 Å². The Bertz CT molecular complexity index is 95.8. The van der Waals surface area contributed by atoms with Gasteiger partial charge in [0.2, 0.25) is 0 Å². The number of rotatable bonds is 7. The van der Waals surface area contributed by atoms with E-state index in [4.69, 9.17) is 0 Å². The molecule has 0 aromatic carbocycles. The average Bonchev–Trinajstić information content (AvgIpc) is 2.04. The molecule has 0 radical (unpaired) electrons. The molecule has 0 aliphatic rings. The van der Waals surface area contributed by atoms with E-state index in [1.54, 1.807) is 0 Å². The number of hydrogen-bond acceptors (Lipinski definition) is 2. The lowest BCUT2D eigenvalue weighted by atomic mass is 9.98. The smallest absolute Gasteiger partial charge is 0.0157 e. The highest BCUT2D eigenvalue weighted by Crippen LogP contribution is 2.14. The van der Waals surface area contributed by atoms with Crippen molar-refractivity contribution in [2.24, 2.45) is 5.92 Å². The lowest BCUT2D eigenvalue weighted by Gasteiger charge is -2.19. The van der Waals surface area contributed by atoms with Crippen LogP contribution in [0.5, 0.6) is 0 Å². The Balaban J connectivity index is 3.53. The summed E-state index contributed by atoms with van der Waals surface area (Å²) in [5.41, 5.74) is 0. The zero-order valence-electron chi connectivity index (χ0n) is 8.89. The van der Waals surface area contributed by atoms with Crippen LogP contribution in [0.1, 0.15) is 33.1 Å². The second-order valence-electron chi connectivity index (χ2n) is 3.57. The van der Waals surface area contributed by atoms with E-state index in [0.29, 0.717) is 6.04 Å². The maximum atomic E-state index is 3.37. The van der Waals surface area contributed by atoms with E-state index in [1.807, 2.05) is 11.8 Å². The minimum Gasteiger partial charge on any atom is -0.316 e. The summed E-state index contributed by atoms with van der Waals surface area (Å²) in [5.74, 6) is 2.12. The summed E-state index contributed by atoms with van der Waals surface area (Å²) in [4.78, 5) is 0. The van der Waals surface area contributed by atoms with Gasteiger partial charge >= 0.3 is 0 Å². The Morgan fingerprint density at radius 3 is 2.50 bits per heavy atom. The molecule has 2 heteroatoms. The van der Waals surface area contributed by atoms with E-state index in [9.17, 15) is 0 Å². The fourth-order valence-electron chi connectivity index (χ4n) is 1.57. The largest absolute Gasteiger partial charge is 0.316 e. The first-order valence-corrected chi connectivity index (χ1v) is 6.30. The fourth-order valence-corrected chi connectivity index (χ4v) is 2.27. The molecule has 1 nitrogen and oxygen atoms in total. The van der Waals surface area contributed by atoms with Crippen molar-refractivity contribution in [3.63, 3.8) is 0 Å². The number of nitrogens with one attached hydrogen (secondary N) is 1. The van der Waals surface area contributed by atoms with Gasteiger partial charge in [-0.25, -0.2) is 0 Å². The minimum atomic E-state index is 0.710. The molecule has 0 aromatic rings. The van der Waals surface area contributed by atoms with Crippen molar-refractivity contribution in [2.75, 3.05) is 19.1 Å². The molecule has 0 aromatic heterocycles. The quantitative estimate of drug-likeness (QED) is 0.661. The Hall–Kier alpha value is 0.310. The molecule has 1 N–H and O–H groups in total. The first kappa shape index (κ1) is 12.3. The molecule has 0 fully saturated rings. The average molecular weight is 189 g/mol. The standard InChI is InChI=1S/C10H23NS/c1-5-6-9(2)7-10(11-3)8-12-4/h9-11H,5-8H2,1-4H3. The molecule has 0 rings (SSSR count). The van der Waals surface area contributed by atoms with E-state index in [2.05, 4.69) is 32.5 Å². The summed E-state index contributed by atoms with van der Waals surface area (Å²) in [6.45, 7) is 4.62. The van der Waals surface area contributed by atoms with Gasteiger partial charge in [-0.3, -0.25) is 0 Å². The van der Waals surface area contributed by atoms with Crippen molar-refractivity contribution < 1.29 is 0 Å². The Kier molecular flexibility index (Phi) is 8.14. The van der Waals surface area contributed by atoms with Gasteiger partial charge in [0.25, 0.3) is 0 Å². The number of hydrogen-bond donors (Lipinski definition) is 1. The van der Waals surface area contributed by atoms with Crippen molar-refractivity contribution in [2.45, 2.75) is 39.2 Å². The van der Waals surface area contributed by atoms with E-state index in [1.165, 1.54) is 25.0 Å². The van der Waals surface area contributed by atoms with Gasteiger partial charge < -0.3 is 5.32 Å². The van der Waals surface area contributed by atoms with Gasteiger partial charge in [-0.2, -0.15) is 11.8 Å². The van der Waals surface area contributed by atoms with Gasteiger partial charge in [-0.05, 0) is 25.6 Å². The third kappa shape index (κ3) is 5.90. The summed E-state index contributed by atoms with van der Waals surface area (Å²) >= 11 is 1.93. The molecule has 0 amide bonds. The Morgan fingerprint density at radius 2 is 2.08 bits per heavy atom. The third-order valence-electron chi connectivity index (χ3n) is 2.24. The Morgan fingerprint density at radius 1 is 1.42 bits per heavy atom. The van der Waals surface area contributed by atoms with Crippen LogP contribution in [-0.4, -0.2) is 25.1 Å². The van der Waals surface area contributed by atoms with Crippen molar-refractivity contribution in [3.8, 4) is 0 Å². The monoisotopic (exact) mass is 189 g/mol. The van der Waals surface area contributed by atoms with Gasteiger partial charge in [0.1, 0.15) is 0 Å². The van der Waals surface area contributed by atoms with Gasteiger partial charge in [0, 0.05) is 11.8 Å².